The van der Waals surface area contributed by atoms with E-state index in [4.69, 9.17) is 7.85 Å². The fourth-order valence-corrected chi connectivity index (χ4v) is 6.94. The Morgan fingerprint density at radius 3 is 1.13 bits per heavy atom. The molecule has 0 spiro atoms. The predicted octanol–water partition coefficient (Wildman–Crippen LogP) is 9.61. The highest BCUT2D eigenvalue weighted by atomic mass is 14.2. The van der Waals surface area contributed by atoms with Crippen LogP contribution in [0.2, 0.25) is 0 Å². The molecule has 0 fully saturated rings. The van der Waals surface area contributed by atoms with Crippen molar-refractivity contribution in [3.05, 3.63) is 127 Å². The van der Waals surface area contributed by atoms with E-state index in [0.29, 0.717) is 0 Å². The molecule has 0 nitrogen and oxygen atoms in total. The Morgan fingerprint density at radius 1 is 0.333 bits per heavy atom. The third-order valence-corrected chi connectivity index (χ3v) is 8.63. The van der Waals surface area contributed by atoms with Gasteiger partial charge in [-0.25, -0.2) is 0 Å². The summed E-state index contributed by atoms with van der Waals surface area (Å²) in [6.07, 6.45) is 0. The number of rotatable bonds is 2. The molecule has 39 heavy (non-hydrogen) atoms. The van der Waals surface area contributed by atoms with Crippen molar-refractivity contribution in [1.82, 2.24) is 0 Å². The summed E-state index contributed by atoms with van der Waals surface area (Å²) in [5.41, 5.74) is 5.50. The van der Waals surface area contributed by atoms with Gasteiger partial charge in [0.05, 0.1) is 0 Å². The molecule has 2 radical (unpaired) electrons. The molecule has 0 bridgehead atoms. The van der Waals surface area contributed by atoms with Crippen LogP contribution in [0.3, 0.4) is 0 Å². The summed E-state index contributed by atoms with van der Waals surface area (Å²) < 4.78 is 0. The van der Waals surface area contributed by atoms with Crippen LogP contribution in [0.4, 0.5) is 0 Å². The lowest BCUT2D eigenvalue weighted by molar-refractivity contribution is 1.66. The molecule has 0 aromatic heterocycles. The summed E-state index contributed by atoms with van der Waals surface area (Å²) >= 11 is 0. The van der Waals surface area contributed by atoms with E-state index >= 15 is 0 Å². The summed E-state index contributed by atoms with van der Waals surface area (Å²) in [5.74, 6) is 0. The van der Waals surface area contributed by atoms with Gasteiger partial charge in [0.2, 0.25) is 0 Å². The number of hydrogen-bond acceptors (Lipinski definition) is 0. The van der Waals surface area contributed by atoms with Gasteiger partial charge in [-0.1, -0.05) is 127 Å². The van der Waals surface area contributed by atoms with Gasteiger partial charge in [-0.05, 0) is 93.0 Å². The Bertz CT molecular complexity index is 2200. The summed E-state index contributed by atoms with van der Waals surface area (Å²) in [5, 5.41) is 15.5. The van der Waals surface area contributed by atoms with Crippen LogP contribution < -0.4 is 5.46 Å². The number of hydrogen-bond donors (Lipinski definition) is 0. The molecule has 0 N–H and O–H groups in total. The minimum absolute atomic E-state index is 0.777. The average Bonchev–Trinajstić information content (AvgIpc) is 2.98. The van der Waals surface area contributed by atoms with Crippen molar-refractivity contribution < 1.29 is 0 Å². The topological polar surface area (TPSA) is 0 Å². The zero-order valence-corrected chi connectivity index (χ0v) is 21.2. The third-order valence-electron chi connectivity index (χ3n) is 8.63. The van der Waals surface area contributed by atoms with Gasteiger partial charge in [-0.15, -0.1) is 0 Å². The Morgan fingerprint density at radius 2 is 0.692 bits per heavy atom. The van der Waals surface area contributed by atoms with E-state index < -0.39 is 0 Å². The second-order valence-electron chi connectivity index (χ2n) is 10.8. The maximum absolute atomic E-state index is 6.61. The van der Waals surface area contributed by atoms with Crippen LogP contribution in [0, 0.1) is 0 Å². The lowest BCUT2D eigenvalue weighted by Gasteiger charge is -2.17. The van der Waals surface area contributed by atoms with E-state index in [1.165, 1.54) is 75.8 Å². The Hall–Kier alpha value is -4.88. The van der Waals surface area contributed by atoms with Crippen LogP contribution in [-0.4, -0.2) is 7.85 Å². The minimum atomic E-state index is 0.777. The van der Waals surface area contributed by atoms with Gasteiger partial charge in [0, 0.05) is 0 Å². The fraction of sp³-hybridized carbons (Fsp3) is 0. The molecule has 0 aliphatic rings. The zero-order chi connectivity index (χ0) is 25.7. The smallest absolute Gasteiger partial charge is 0.0955 e. The van der Waals surface area contributed by atoms with Crippen molar-refractivity contribution in [1.29, 1.82) is 0 Å². The van der Waals surface area contributed by atoms with Crippen LogP contribution in [0.1, 0.15) is 0 Å². The van der Waals surface area contributed by atoms with E-state index in [0.717, 1.165) is 16.6 Å². The Labute approximate surface area is 227 Å². The SMILES string of the molecule is [B]c1cc(-c2ccc3ccc4cccc5ccc2c3c45)cc(-c2ccc3ccc4cccc5ccc2c3c45)c1. The largest absolute Gasteiger partial charge is 0.113 e. The van der Waals surface area contributed by atoms with Crippen LogP contribution >= 0.6 is 0 Å². The van der Waals surface area contributed by atoms with E-state index in [1.54, 1.807) is 0 Å². The molecule has 0 unspecified atom stereocenters. The second kappa shape index (κ2) is 7.59. The van der Waals surface area contributed by atoms with Crippen molar-refractivity contribution in [2.24, 2.45) is 0 Å². The maximum atomic E-state index is 6.61. The monoisotopic (exact) mass is 488 g/mol. The van der Waals surface area contributed by atoms with Gasteiger partial charge < -0.3 is 0 Å². The first-order valence-corrected chi connectivity index (χ1v) is 13.5. The molecule has 0 heterocycles. The highest BCUT2D eigenvalue weighted by molar-refractivity contribution is 6.34. The molecule has 0 aliphatic carbocycles. The van der Waals surface area contributed by atoms with E-state index in [9.17, 15) is 0 Å². The molecule has 0 saturated carbocycles. The number of benzene rings is 9. The normalized spacial score (nSPS) is 12.2. The van der Waals surface area contributed by atoms with Crippen molar-refractivity contribution in [2.75, 3.05) is 0 Å². The minimum Gasteiger partial charge on any atom is -0.0955 e. The molecule has 9 rings (SSSR count). The lowest BCUT2D eigenvalue weighted by Crippen LogP contribution is -2.03. The summed E-state index contributed by atoms with van der Waals surface area (Å²) in [4.78, 5) is 0. The molecule has 0 saturated heterocycles. The summed E-state index contributed by atoms with van der Waals surface area (Å²) in [6.45, 7) is 0. The van der Waals surface area contributed by atoms with Crippen LogP contribution in [0.5, 0.6) is 0 Å². The average molecular weight is 488 g/mol. The molecular weight excluding hydrogens is 467 g/mol. The second-order valence-corrected chi connectivity index (χ2v) is 10.8. The van der Waals surface area contributed by atoms with Crippen molar-refractivity contribution in [2.45, 2.75) is 0 Å². The van der Waals surface area contributed by atoms with Crippen molar-refractivity contribution in [3.63, 3.8) is 0 Å². The van der Waals surface area contributed by atoms with Gasteiger partial charge in [0.25, 0.3) is 0 Å². The van der Waals surface area contributed by atoms with Gasteiger partial charge in [0.1, 0.15) is 7.85 Å². The molecule has 0 atom stereocenters. The van der Waals surface area contributed by atoms with Gasteiger partial charge in [-0.2, -0.15) is 0 Å². The maximum Gasteiger partial charge on any atom is 0.113 e. The van der Waals surface area contributed by atoms with Gasteiger partial charge in [0.15, 0.2) is 0 Å². The first kappa shape index (κ1) is 21.1. The first-order valence-electron chi connectivity index (χ1n) is 13.5. The summed E-state index contributed by atoms with van der Waals surface area (Å²) in [6, 6.07) is 46.7. The quantitative estimate of drug-likeness (QED) is 0.168. The molecule has 0 aliphatic heterocycles. The van der Waals surface area contributed by atoms with Crippen LogP contribution in [0.25, 0.3) is 86.9 Å². The standard InChI is InChI=1S/C38H21B/c39-30-20-28(31-15-11-26-9-7-22-3-1-5-24-13-17-33(31)37(26)35(22)24)19-29(21-30)32-16-12-27-10-8-23-4-2-6-25-14-18-34(32)38(27)36(23)25/h1-21H. The molecule has 9 aromatic carbocycles. The zero-order valence-electron chi connectivity index (χ0n) is 21.2. The van der Waals surface area contributed by atoms with Crippen LogP contribution in [-0.2, 0) is 0 Å². The Balaban J connectivity index is 1.32. The van der Waals surface area contributed by atoms with E-state index in [1.807, 2.05) is 0 Å². The molecule has 0 amide bonds. The Kier molecular flexibility index (Phi) is 4.10. The predicted molar refractivity (Wildman–Crippen MR) is 170 cm³/mol. The van der Waals surface area contributed by atoms with E-state index in [-0.39, 0.29) is 0 Å². The van der Waals surface area contributed by atoms with Crippen molar-refractivity contribution in [3.8, 4) is 22.3 Å². The molecule has 1 heteroatoms. The van der Waals surface area contributed by atoms with E-state index in [2.05, 4.69) is 127 Å². The highest BCUT2D eigenvalue weighted by Crippen LogP contribution is 2.42. The van der Waals surface area contributed by atoms with Crippen molar-refractivity contribution >= 4 is 77.9 Å². The molecule has 176 valence electrons. The molecular formula is C38H21B. The highest BCUT2D eigenvalue weighted by Gasteiger charge is 2.15. The van der Waals surface area contributed by atoms with Gasteiger partial charge >= 0.3 is 0 Å². The van der Waals surface area contributed by atoms with Gasteiger partial charge in [-0.3, -0.25) is 0 Å². The molecule has 9 aromatic rings. The fourth-order valence-electron chi connectivity index (χ4n) is 6.94. The third kappa shape index (κ3) is 2.90. The lowest BCUT2D eigenvalue weighted by atomic mass is 9.84. The van der Waals surface area contributed by atoms with Crippen LogP contribution in [0.15, 0.2) is 127 Å². The first-order chi connectivity index (χ1) is 19.2. The summed E-state index contributed by atoms with van der Waals surface area (Å²) in [7, 11) is 6.61.